The van der Waals surface area contributed by atoms with E-state index in [4.69, 9.17) is 9.84 Å². The third kappa shape index (κ3) is 3.36. The molecule has 0 spiro atoms. The Hall–Kier alpha value is -2.64. The Labute approximate surface area is 157 Å². The van der Waals surface area contributed by atoms with Crippen molar-refractivity contribution in [2.75, 3.05) is 0 Å². The number of hydrogen-bond acceptors (Lipinski definition) is 4. The van der Waals surface area contributed by atoms with E-state index in [-0.39, 0.29) is 23.0 Å². The number of rotatable bonds is 5. The highest BCUT2D eigenvalue weighted by molar-refractivity contribution is 7.89. The van der Waals surface area contributed by atoms with E-state index in [1.165, 1.54) is 6.08 Å². The summed E-state index contributed by atoms with van der Waals surface area (Å²) >= 11 is 0. The summed E-state index contributed by atoms with van der Waals surface area (Å²) in [4.78, 5) is 11.0. The van der Waals surface area contributed by atoms with Crippen molar-refractivity contribution < 1.29 is 23.1 Å². The van der Waals surface area contributed by atoms with E-state index >= 15 is 0 Å². The van der Waals surface area contributed by atoms with E-state index in [0.29, 0.717) is 17.7 Å². The maximum absolute atomic E-state index is 12.7. The Balaban J connectivity index is 1.63. The second-order valence-corrected chi connectivity index (χ2v) is 8.45. The van der Waals surface area contributed by atoms with Crippen LogP contribution in [0.2, 0.25) is 0 Å². The predicted molar refractivity (Wildman–Crippen MR) is 100 cm³/mol. The monoisotopic (exact) mass is 385 g/mol. The lowest BCUT2D eigenvalue weighted by Crippen LogP contribution is -2.37. The van der Waals surface area contributed by atoms with Gasteiger partial charge in [-0.25, -0.2) is 17.9 Å². The van der Waals surface area contributed by atoms with Crippen LogP contribution in [0.5, 0.6) is 5.75 Å². The van der Waals surface area contributed by atoms with Crippen molar-refractivity contribution in [3.63, 3.8) is 0 Å². The van der Waals surface area contributed by atoms with Gasteiger partial charge in [0.1, 0.15) is 11.9 Å². The first-order chi connectivity index (χ1) is 13.0. The molecule has 0 radical (unpaired) electrons. The number of aliphatic carboxylic acids is 1. The van der Waals surface area contributed by atoms with Gasteiger partial charge in [-0.15, -0.1) is 0 Å². The molecule has 1 fully saturated rings. The molecule has 2 aliphatic rings. The highest BCUT2D eigenvalue weighted by atomic mass is 32.2. The van der Waals surface area contributed by atoms with Gasteiger partial charge < -0.3 is 9.84 Å². The molecule has 1 heterocycles. The van der Waals surface area contributed by atoms with Gasteiger partial charge in [-0.3, -0.25) is 0 Å². The summed E-state index contributed by atoms with van der Waals surface area (Å²) in [6.07, 6.45) is 3.90. The first kappa shape index (κ1) is 17.8. The molecule has 7 heteroatoms. The summed E-state index contributed by atoms with van der Waals surface area (Å²) in [5, 5.41) is 8.86. The molecular weight excluding hydrogens is 366 g/mol. The van der Waals surface area contributed by atoms with Crippen molar-refractivity contribution in [2.24, 2.45) is 0 Å². The van der Waals surface area contributed by atoms with Gasteiger partial charge in [-0.1, -0.05) is 36.4 Å². The van der Waals surface area contributed by atoms with Crippen molar-refractivity contribution in [1.82, 2.24) is 4.72 Å². The molecule has 2 aromatic rings. The summed E-state index contributed by atoms with van der Waals surface area (Å²) < 4.78 is 34.3. The van der Waals surface area contributed by atoms with Gasteiger partial charge >= 0.3 is 5.97 Å². The molecule has 3 atom stereocenters. The fraction of sp³-hybridized carbons (Fsp3) is 0.250. The number of ether oxygens (including phenoxy) is 1. The van der Waals surface area contributed by atoms with Gasteiger partial charge in [0, 0.05) is 29.2 Å². The van der Waals surface area contributed by atoms with Crippen LogP contribution in [0.25, 0.3) is 6.08 Å². The average molecular weight is 385 g/mol. The van der Waals surface area contributed by atoms with E-state index in [1.54, 1.807) is 36.4 Å². The highest BCUT2D eigenvalue weighted by Crippen LogP contribution is 2.49. The van der Waals surface area contributed by atoms with E-state index in [1.807, 2.05) is 12.1 Å². The number of fused-ring (bicyclic) bond motifs is 3. The minimum atomic E-state index is -3.61. The number of carboxylic acids is 1. The Morgan fingerprint density at radius 1 is 1.11 bits per heavy atom. The lowest BCUT2D eigenvalue weighted by atomic mass is 9.93. The lowest BCUT2D eigenvalue weighted by molar-refractivity contribution is -0.131. The van der Waals surface area contributed by atoms with Crippen LogP contribution in [0.3, 0.4) is 0 Å². The van der Waals surface area contributed by atoms with Crippen LogP contribution < -0.4 is 9.46 Å². The Bertz CT molecular complexity index is 1000. The zero-order valence-electron chi connectivity index (χ0n) is 14.4. The predicted octanol–water partition coefficient (Wildman–Crippen LogP) is 2.77. The first-order valence-corrected chi connectivity index (χ1v) is 10.2. The number of sulfonamides is 1. The number of carboxylic acid groups (broad SMARTS) is 1. The van der Waals surface area contributed by atoms with Crippen LogP contribution in [0.4, 0.5) is 0 Å². The Morgan fingerprint density at radius 3 is 2.63 bits per heavy atom. The van der Waals surface area contributed by atoms with Crippen molar-refractivity contribution in [1.29, 1.82) is 0 Å². The van der Waals surface area contributed by atoms with Gasteiger partial charge in [-0.05, 0) is 31.1 Å². The van der Waals surface area contributed by atoms with E-state index in [9.17, 15) is 13.2 Å². The van der Waals surface area contributed by atoms with E-state index in [0.717, 1.165) is 18.1 Å². The fourth-order valence-corrected chi connectivity index (χ4v) is 5.24. The smallest absolute Gasteiger partial charge is 0.328 e. The van der Waals surface area contributed by atoms with Crippen molar-refractivity contribution in [2.45, 2.75) is 35.8 Å². The summed E-state index contributed by atoms with van der Waals surface area (Å²) in [5.41, 5.74) is 1.61. The number of benzene rings is 2. The molecule has 0 bridgehead atoms. The van der Waals surface area contributed by atoms with Gasteiger partial charge in [-0.2, -0.15) is 0 Å². The molecule has 1 aliphatic carbocycles. The van der Waals surface area contributed by atoms with E-state index in [2.05, 4.69) is 4.72 Å². The van der Waals surface area contributed by atoms with Crippen LogP contribution in [0.15, 0.2) is 59.5 Å². The van der Waals surface area contributed by atoms with Gasteiger partial charge in [0.15, 0.2) is 0 Å². The standard InChI is InChI=1S/C20H19NO5S/c22-18(23)12-9-13-5-4-8-15-19-16(10-11-17(19)26-20(13)15)21-27(24,25)14-6-2-1-3-7-14/h1-9,12,16-17,19,21H,10-11H2,(H,22,23)/b12-9+. The van der Waals surface area contributed by atoms with Gasteiger partial charge in [0.2, 0.25) is 10.0 Å². The molecule has 27 heavy (non-hydrogen) atoms. The van der Waals surface area contributed by atoms with Crippen molar-refractivity contribution in [3.8, 4) is 5.75 Å². The Kier molecular flexibility index (Phi) is 4.49. The SMILES string of the molecule is O=C(O)/C=C/c1cccc2c1OC1CCC(NS(=O)(=O)c3ccccc3)C21. The molecule has 2 aromatic carbocycles. The molecular formula is C20H19NO5S. The maximum Gasteiger partial charge on any atom is 0.328 e. The molecule has 0 saturated heterocycles. The molecule has 3 unspecified atom stereocenters. The number of hydrogen-bond donors (Lipinski definition) is 2. The third-order valence-electron chi connectivity index (χ3n) is 5.07. The minimum Gasteiger partial charge on any atom is -0.489 e. The summed E-state index contributed by atoms with van der Waals surface area (Å²) in [6, 6.07) is 13.6. The second kappa shape index (κ2) is 6.83. The van der Waals surface area contributed by atoms with Crippen LogP contribution in [-0.2, 0) is 14.8 Å². The zero-order valence-corrected chi connectivity index (χ0v) is 15.2. The van der Waals surface area contributed by atoms with Crippen LogP contribution in [-0.4, -0.2) is 31.6 Å². The van der Waals surface area contributed by atoms with Crippen LogP contribution in [0, 0.1) is 0 Å². The second-order valence-electron chi connectivity index (χ2n) is 6.74. The topological polar surface area (TPSA) is 92.7 Å². The lowest BCUT2D eigenvalue weighted by Gasteiger charge is -2.19. The molecule has 1 saturated carbocycles. The molecule has 0 aromatic heterocycles. The number of para-hydroxylation sites is 1. The van der Waals surface area contributed by atoms with Crippen LogP contribution in [0.1, 0.15) is 29.9 Å². The molecule has 6 nitrogen and oxygen atoms in total. The fourth-order valence-electron chi connectivity index (χ4n) is 3.93. The zero-order chi connectivity index (χ0) is 19.0. The Morgan fingerprint density at radius 2 is 1.89 bits per heavy atom. The first-order valence-electron chi connectivity index (χ1n) is 8.74. The van der Waals surface area contributed by atoms with Gasteiger partial charge in [0.05, 0.1) is 4.90 Å². The number of carbonyl (C=O) groups is 1. The minimum absolute atomic E-state index is 0.0864. The molecule has 1 aliphatic heterocycles. The average Bonchev–Trinajstić information content (AvgIpc) is 3.20. The summed E-state index contributed by atoms with van der Waals surface area (Å²) in [6.45, 7) is 0. The van der Waals surface area contributed by atoms with Crippen LogP contribution >= 0.6 is 0 Å². The quantitative estimate of drug-likeness (QED) is 0.772. The van der Waals surface area contributed by atoms with Crippen molar-refractivity contribution in [3.05, 3.63) is 65.7 Å². The molecule has 0 amide bonds. The van der Waals surface area contributed by atoms with E-state index < -0.39 is 16.0 Å². The third-order valence-corrected chi connectivity index (χ3v) is 6.57. The van der Waals surface area contributed by atoms with Crippen molar-refractivity contribution >= 4 is 22.1 Å². The number of nitrogens with one attached hydrogen (secondary N) is 1. The molecule has 140 valence electrons. The molecule has 2 N–H and O–H groups in total. The maximum atomic E-state index is 12.7. The largest absolute Gasteiger partial charge is 0.489 e. The summed E-state index contributed by atoms with van der Waals surface area (Å²) in [5.74, 6) is -0.468. The normalized spacial score (nSPS) is 23.8. The molecule has 4 rings (SSSR count). The highest BCUT2D eigenvalue weighted by Gasteiger charge is 2.46. The summed E-state index contributed by atoms with van der Waals surface area (Å²) in [7, 11) is -3.61. The van der Waals surface area contributed by atoms with Gasteiger partial charge in [0.25, 0.3) is 0 Å².